The van der Waals surface area contributed by atoms with Crippen LogP contribution in [0.1, 0.15) is 19.6 Å². The van der Waals surface area contributed by atoms with Crippen molar-refractivity contribution >= 4 is 35.0 Å². The Morgan fingerprint density at radius 2 is 1.91 bits per heavy atom. The molecule has 8 heteroatoms. The number of benzene rings is 1. The molecule has 1 N–H and O–H groups in total. The number of halogens is 2. The van der Waals surface area contributed by atoms with Crippen LogP contribution in [0.5, 0.6) is 0 Å². The van der Waals surface area contributed by atoms with Crippen LogP contribution in [0.3, 0.4) is 0 Å². The van der Waals surface area contributed by atoms with Gasteiger partial charge >= 0.3 is 6.09 Å². The molecule has 0 aliphatic rings. The number of nitrogens with one attached hydrogen (secondary N) is 1. The number of aromatic nitrogens is 1. The molecule has 1 aromatic carbocycles. The van der Waals surface area contributed by atoms with Crippen LogP contribution in [0.2, 0.25) is 10.0 Å². The summed E-state index contributed by atoms with van der Waals surface area (Å²) in [4.78, 5) is 17.2. The molecule has 0 radical (unpaired) electrons. The van der Waals surface area contributed by atoms with E-state index in [1.165, 1.54) is 5.06 Å². The third-order valence-electron chi connectivity index (χ3n) is 3.21. The predicted octanol–water partition coefficient (Wildman–Crippen LogP) is 4.76. The maximum absolute atomic E-state index is 12.0. The van der Waals surface area contributed by atoms with E-state index in [2.05, 4.69) is 10.5 Å². The van der Waals surface area contributed by atoms with Crippen LogP contribution in [0.25, 0.3) is 11.3 Å². The van der Waals surface area contributed by atoms with Gasteiger partial charge in [0.2, 0.25) is 0 Å². The average Bonchev–Trinajstić information content (AvgIpc) is 2.86. The number of anilines is 1. The zero-order chi connectivity index (χ0) is 17.0. The van der Waals surface area contributed by atoms with Crippen LogP contribution in [-0.4, -0.2) is 29.4 Å². The molecule has 6 nitrogen and oxygen atoms in total. The summed E-state index contributed by atoms with van der Waals surface area (Å²) in [5.41, 5.74) is 1.22. The summed E-state index contributed by atoms with van der Waals surface area (Å²) in [7, 11) is 0. The van der Waals surface area contributed by atoms with Gasteiger partial charge in [0.1, 0.15) is 11.4 Å². The number of carbonyl (C=O) groups is 1. The second-order valence-electron chi connectivity index (χ2n) is 4.68. The molecule has 0 atom stereocenters. The summed E-state index contributed by atoms with van der Waals surface area (Å²) in [6.45, 7) is 6.60. The summed E-state index contributed by atoms with van der Waals surface area (Å²) in [5, 5.41) is 8.92. The van der Waals surface area contributed by atoms with Crippen molar-refractivity contribution in [3.8, 4) is 11.3 Å². The highest BCUT2D eigenvalue weighted by molar-refractivity contribution is 6.39. The molecule has 1 amide bonds. The first-order valence-corrected chi connectivity index (χ1v) is 7.88. The Morgan fingerprint density at radius 3 is 2.48 bits per heavy atom. The molecule has 124 valence electrons. The first-order valence-electron chi connectivity index (χ1n) is 7.12. The van der Waals surface area contributed by atoms with Crippen LogP contribution in [0, 0.1) is 6.92 Å². The standard InChI is InChI=1S/C15H17Cl2N3O3/c1-4-20(5-2)23-15(21)18-13-9(3)22-19-14(13)12-10(16)7-6-8-11(12)17/h6-8H,4-5H2,1-3H3,(H,18,21). The van der Waals surface area contributed by atoms with Crippen molar-refractivity contribution in [2.75, 3.05) is 18.4 Å². The molecule has 2 rings (SSSR count). The highest BCUT2D eigenvalue weighted by Crippen LogP contribution is 2.39. The van der Waals surface area contributed by atoms with Crippen molar-refractivity contribution in [2.24, 2.45) is 0 Å². The van der Waals surface area contributed by atoms with Crippen molar-refractivity contribution in [3.05, 3.63) is 34.0 Å². The fourth-order valence-corrected chi connectivity index (χ4v) is 2.59. The molecule has 0 spiro atoms. The van der Waals surface area contributed by atoms with E-state index >= 15 is 0 Å². The SMILES string of the molecule is CCN(CC)OC(=O)Nc1c(-c2c(Cl)cccc2Cl)noc1C. The van der Waals surface area contributed by atoms with E-state index in [9.17, 15) is 4.79 Å². The first-order chi connectivity index (χ1) is 11.0. The summed E-state index contributed by atoms with van der Waals surface area (Å²) < 4.78 is 5.17. The van der Waals surface area contributed by atoms with Crippen molar-refractivity contribution < 1.29 is 14.2 Å². The van der Waals surface area contributed by atoms with E-state index in [1.54, 1.807) is 25.1 Å². The van der Waals surface area contributed by atoms with E-state index in [0.29, 0.717) is 45.8 Å². The van der Waals surface area contributed by atoms with Crippen LogP contribution in [0.15, 0.2) is 22.7 Å². The number of hydrogen-bond acceptors (Lipinski definition) is 5. The summed E-state index contributed by atoms with van der Waals surface area (Å²) in [6.07, 6.45) is -0.635. The predicted molar refractivity (Wildman–Crippen MR) is 89.7 cm³/mol. The Kier molecular flexibility index (Phi) is 5.87. The second kappa shape index (κ2) is 7.68. The molecular weight excluding hydrogens is 341 g/mol. The van der Waals surface area contributed by atoms with Crippen molar-refractivity contribution in [3.63, 3.8) is 0 Å². The normalized spacial score (nSPS) is 10.9. The molecule has 1 heterocycles. The monoisotopic (exact) mass is 357 g/mol. The van der Waals surface area contributed by atoms with Crippen molar-refractivity contribution in [1.29, 1.82) is 0 Å². The van der Waals surface area contributed by atoms with E-state index in [1.807, 2.05) is 13.8 Å². The smallest absolute Gasteiger partial charge is 0.359 e. The summed E-state index contributed by atoms with van der Waals surface area (Å²) in [5.74, 6) is 0.424. The third-order valence-corrected chi connectivity index (χ3v) is 3.84. The van der Waals surface area contributed by atoms with Gasteiger partial charge in [0.05, 0.1) is 10.0 Å². The maximum Gasteiger partial charge on any atom is 0.430 e. The van der Waals surface area contributed by atoms with Crippen LogP contribution in [-0.2, 0) is 4.84 Å². The fourth-order valence-electron chi connectivity index (χ4n) is 2.01. The summed E-state index contributed by atoms with van der Waals surface area (Å²) in [6, 6.07) is 5.10. The van der Waals surface area contributed by atoms with Gasteiger partial charge in [-0.2, -0.15) is 0 Å². The lowest BCUT2D eigenvalue weighted by Gasteiger charge is -2.17. The minimum atomic E-state index is -0.635. The third kappa shape index (κ3) is 3.96. The number of carbonyl (C=O) groups excluding carboxylic acids is 1. The van der Waals surface area contributed by atoms with Crippen LogP contribution >= 0.6 is 23.2 Å². The zero-order valence-corrected chi connectivity index (χ0v) is 14.5. The van der Waals surface area contributed by atoms with Gasteiger partial charge in [-0.3, -0.25) is 5.32 Å². The van der Waals surface area contributed by atoms with Gasteiger partial charge in [0, 0.05) is 18.7 Å². The van der Waals surface area contributed by atoms with Crippen molar-refractivity contribution in [1.82, 2.24) is 10.2 Å². The molecule has 0 saturated carbocycles. The molecule has 23 heavy (non-hydrogen) atoms. The number of nitrogens with zero attached hydrogens (tertiary/aromatic N) is 2. The molecule has 0 aliphatic carbocycles. The summed E-state index contributed by atoms with van der Waals surface area (Å²) >= 11 is 12.4. The minimum absolute atomic E-state index is 0.356. The van der Waals surface area contributed by atoms with Gasteiger partial charge in [0.25, 0.3) is 0 Å². The Balaban J connectivity index is 2.31. The van der Waals surface area contributed by atoms with Gasteiger partial charge in [-0.05, 0) is 32.9 Å². The molecule has 0 bridgehead atoms. The van der Waals surface area contributed by atoms with Gasteiger partial charge in [-0.15, -0.1) is 5.06 Å². The molecule has 0 fully saturated rings. The van der Waals surface area contributed by atoms with Crippen molar-refractivity contribution in [2.45, 2.75) is 20.8 Å². The quantitative estimate of drug-likeness (QED) is 0.781. The van der Waals surface area contributed by atoms with E-state index in [4.69, 9.17) is 32.6 Å². The number of rotatable bonds is 5. The topological polar surface area (TPSA) is 67.6 Å². The highest BCUT2D eigenvalue weighted by Gasteiger charge is 2.22. The Labute approximate surface area is 144 Å². The fraction of sp³-hybridized carbons (Fsp3) is 0.333. The van der Waals surface area contributed by atoms with Gasteiger partial charge in [0.15, 0.2) is 5.76 Å². The lowest BCUT2D eigenvalue weighted by atomic mass is 10.1. The highest BCUT2D eigenvalue weighted by atomic mass is 35.5. The zero-order valence-electron chi connectivity index (χ0n) is 13.0. The van der Waals surface area contributed by atoms with Gasteiger partial charge in [-0.1, -0.05) is 34.4 Å². The van der Waals surface area contributed by atoms with E-state index in [-0.39, 0.29) is 0 Å². The largest absolute Gasteiger partial charge is 0.430 e. The number of hydrogen-bond donors (Lipinski definition) is 1. The number of hydroxylamine groups is 2. The van der Waals surface area contributed by atoms with Gasteiger partial charge in [-0.25, -0.2) is 4.79 Å². The molecular formula is C15H17Cl2N3O3. The average molecular weight is 358 g/mol. The van der Waals surface area contributed by atoms with Gasteiger partial charge < -0.3 is 9.36 Å². The molecule has 1 aromatic heterocycles. The minimum Gasteiger partial charge on any atom is -0.359 e. The Hall–Kier alpha value is -1.76. The molecule has 0 aliphatic heterocycles. The first kappa shape index (κ1) is 17.6. The van der Waals surface area contributed by atoms with Crippen LogP contribution < -0.4 is 5.32 Å². The lowest BCUT2D eigenvalue weighted by Crippen LogP contribution is -2.29. The molecule has 0 unspecified atom stereocenters. The Morgan fingerprint density at radius 1 is 1.30 bits per heavy atom. The van der Waals surface area contributed by atoms with Crippen LogP contribution in [0.4, 0.5) is 10.5 Å². The Bertz CT molecular complexity index is 679. The van der Waals surface area contributed by atoms with E-state index < -0.39 is 6.09 Å². The van der Waals surface area contributed by atoms with E-state index in [0.717, 1.165) is 0 Å². The number of aryl methyl sites for hydroxylation is 1. The lowest BCUT2D eigenvalue weighted by molar-refractivity contribution is -0.0857. The second-order valence-corrected chi connectivity index (χ2v) is 5.49. The maximum atomic E-state index is 12.0. The molecule has 2 aromatic rings. The number of amides is 1. The molecule has 0 saturated heterocycles.